The van der Waals surface area contributed by atoms with Crippen molar-refractivity contribution in [2.24, 2.45) is 0 Å². The molecular formula is C12H19NO2S. The second-order valence-electron chi connectivity index (χ2n) is 3.85. The van der Waals surface area contributed by atoms with Gasteiger partial charge in [-0.25, -0.2) is 13.1 Å². The Labute approximate surface area is 97.9 Å². The Morgan fingerprint density at radius 1 is 1.12 bits per heavy atom. The van der Waals surface area contributed by atoms with Crippen LogP contribution in [-0.4, -0.2) is 15.0 Å². The van der Waals surface area contributed by atoms with Gasteiger partial charge in [0, 0.05) is 6.54 Å². The lowest BCUT2D eigenvalue weighted by molar-refractivity contribution is 0.575. The number of nitrogens with one attached hydrogen (secondary N) is 1. The molecule has 0 fully saturated rings. The molecule has 0 aromatic heterocycles. The molecule has 0 bridgehead atoms. The predicted molar refractivity (Wildman–Crippen MR) is 66.6 cm³/mol. The van der Waals surface area contributed by atoms with E-state index in [1.165, 1.54) is 0 Å². The van der Waals surface area contributed by atoms with Crippen molar-refractivity contribution in [1.82, 2.24) is 4.72 Å². The summed E-state index contributed by atoms with van der Waals surface area (Å²) in [7, 11) is -3.17. The smallest absolute Gasteiger partial charge is 0.215 e. The highest BCUT2D eigenvalue weighted by molar-refractivity contribution is 7.88. The zero-order valence-corrected chi connectivity index (χ0v) is 10.5. The minimum atomic E-state index is -3.17. The summed E-state index contributed by atoms with van der Waals surface area (Å²) >= 11 is 0. The van der Waals surface area contributed by atoms with Crippen LogP contribution in [0.2, 0.25) is 0 Å². The summed E-state index contributed by atoms with van der Waals surface area (Å²) in [6.07, 6.45) is 3.07. The van der Waals surface area contributed by atoms with Crippen LogP contribution in [0.5, 0.6) is 0 Å². The highest BCUT2D eigenvalue weighted by atomic mass is 32.2. The second kappa shape index (κ2) is 6.66. The van der Waals surface area contributed by atoms with Gasteiger partial charge in [-0.1, -0.05) is 50.1 Å². The zero-order valence-electron chi connectivity index (χ0n) is 9.65. The average molecular weight is 241 g/mol. The number of sulfonamides is 1. The van der Waals surface area contributed by atoms with Gasteiger partial charge in [-0.2, -0.15) is 0 Å². The Hall–Kier alpha value is -0.870. The molecule has 3 nitrogen and oxygen atoms in total. The molecule has 0 aliphatic rings. The summed E-state index contributed by atoms with van der Waals surface area (Å²) in [5.41, 5.74) is 0.825. The van der Waals surface area contributed by atoms with Crippen LogP contribution < -0.4 is 4.72 Å². The number of unbranched alkanes of at least 4 members (excludes halogenated alkanes) is 2. The van der Waals surface area contributed by atoms with E-state index in [0.717, 1.165) is 24.8 Å². The van der Waals surface area contributed by atoms with Gasteiger partial charge in [-0.15, -0.1) is 0 Å². The van der Waals surface area contributed by atoms with Crippen molar-refractivity contribution >= 4 is 10.0 Å². The van der Waals surface area contributed by atoms with Crippen molar-refractivity contribution in [2.75, 3.05) is 6.54 Å². The van der Waals surface area contributed by atoms with Crippen molar-refractivity contribution in [1.29, 1.82) is 0 Å². The van der Waals surface area contributed by atoms with Gasteiger partial charge in [-0.05, 0) is 12.0 Å². The summed E-state index contributed by atoms with van der Waals surface area (Å²) in [5.74, 6) is 0.0694. The molecular weight excluding hydrogens is 222 g/mol. The van der Waals surface area contributed by atoms with Crippen LogP contribution in [-0.2, 0) is 15.8 Å². The Kier molecular flexibility index (Phi) is 5.49. The molecule has 0 amide bonds. The maximum atomic E-state index is 11.7. The summed E-state index contributed by atoms with van der Waals surface area (Å²) in [6.45, 7) is 2.64. The fraction of sp³-hybridized carbons (Fsp3) is 0.500. The lowest BCUT2D eigenvalue weighted by Gasteiger charge is -2.06. The maximum absolute atomic E-state index is 11.7. The van der Waals surface area contributed by atoms with Crippen molar-refractivity contribution in [3.63, 3.8) is 0 Å². The van der Waals surface area contributed by atoms with Crippen LogP contribution in [0.15, 0.2) is 30.3 Å². The topological polar surface area (TPSA) is 46.2 Å². The first-order chi connectivity index (χ1) is 7.64. The first kappa shape index (κ1) is 13.2. The molecule has 1 N–H and O–H groups in total. The number of hydrogen-bond donors (Lipinski definition) is 1. The van der Waals surface area contributed by atoms with E-state index in [0.29, 0.717) is 6.54 Å². The van der Waals surface area contributed by atoms with E-state index in [1.54, 1.807) is 0 Å². The molecule has 0 heterocycles. The fourth-order valence-corrected chi connectivity index (χ4v) is 2.64. The third-order valence-electron chi connectivity index (χ3n) is 2.30. The first-order valence-electron chi connectivity index (χ1n) is 5.65. The lowest BCUT2D eigenvalue weighted by atomic mass is 10.2. The molecule has 0 saturated heterocycles. The third-order valence-corrected chi connectivity index (χ3v) is 3.66. The normalized spacial score (nSPS) is 11.6. The molecule has 0 aliphatic heterocycles. The molecule has 0 spiro atoms. The summed E-state index contributed by atoms with van der Waals surface area (Å²) in [6, 6.07) is 9.23. The van der Waals surface area contributed by atoms with Gasteiger partial charge >= 0.3 is 0 Å². The fourth-order valence-electron chi connectivity index (χ4n) is 1.45. The van der Waals surface area contributed by atoms with E-state index >= 15 is 0 Å². The lowest BCUT2D eigenvalue weighted by Crippen LogP contribution is -2.26. The monoisotopic (exact) mass is 241 g/mol. The van der Waals surface area contributed by atoms with E-state index in [4.69, 9.17) is 0 Å². The van der Waals surface area contributed by atoms with E-state index in [-0.39, 0.29) is 5.75 Å². The summed E-state index contributed by atoms with van der Waals surface area (Å²) in [4.78, 5) is 0. The number of hydrogen-bond acceptors (Lipinski definition) is 2. The van der Waals surface area contributed by atoms with Crippen molar-refractivity contribution in [3.8, 4) is 0 Å². The highest BCUT2D eigenvalue weighted by Crippen LogP contribution is 2.04. The Balaban J connectivity index is 2.40. The van der Waals surface area contributed by atoms with Gasteiger partial charge in [0.15, 0.2) is 0 Å². The largest absolute Gasteiger partial charge is 0.215 e. The Bertz CT molecular complexity index is 387. The third kappa shape index (κ3) is 5.28. The van der Waals surface area contributed by atoms with Gasteiger partial charge in [0.25, 0.3) is 0 Å². The minimum Gasteiger partial charge on any atom is -0.215 e. The van der Waals surface area contributed by atoms with E-state index < -0.39 is 10.0 Å². The van der Waals surface area contributed by atoms with Crippen LogP contribution in [0.3, 0.4) is 0 Å². The van der Waals surface area contributed by atoms with Gasteiger partial charge < -0.3 is 0 Å². The second-order valence-corrected chi connectivity index (χ2v) is 5.65. The average Bonchev–Trinajstić information content (AvgIpc) is 2.25. The van der Waals surface area contributed by atoms with E-state index in [1.807, 2.05) is 30.3 Å². The minimum absolute atomic E-state index is 0.0694. The van der Waals surface area contributed by atoms with Gasteiger partial charge in [-0.3, -0.25) is 0 Å². The molecule has 4 heteroatoms. The molecule has 0 radical (unpaired) electrons. The van der Waals surface area contributed by atoms with Crippen LogP contribution in [0, 0.1) is 0 Å². The molecule has 16 heavy (non-hydrogen) atoms. The van der Waals surface area contributed by atoms with Crippen molar-refractivity contribution in [2.45, 2.75) is 31.9 Å². The van der Waals surface area contributed by atoms with E-state index in [9.17, 15) is 8.42 Å². The Morgan fingerprint density at radius 2 is 1.81 bits per heavy atom. The number of rotatable bonds is 7. The van der Waals surface area contributed by atoms with Crippen LogP contribution in [0.1, 0.15) is 31.7 Å². The Morgan fingerprint density at radius 3 is 2.44 bits per heavy atom. The van der Waals surface area contributed by atoms with Gasteiger partial charge in [0.1, 0.15) is 0 Å². The van der Waals surface area contributed by atoms with E-state index in [2.05, 4.69) is 11.6 Å². The molecule has 1 rings (SSSR count). The van der Waals surface area contributed by atoms with Crippen molar-refractivity contribution in [3.05, 3.63) is 35.9 Å². The van der Waals surface area contributed by atoms with Crippen LogP contribution in [0.25, 0.3) is 0 Å². The predicted octanol–water partition coefficient (Wildman–Crippen LogP) is 2.30. The summed E-state index contributed by atoms with van der Waals surface area (Å²) < 4.78 is 25.9. The van der Waals surface area contributed by atoms with Crippen molar-refractivity contribution < 1.29 is 8.42 Å². The first-order valence-corrected chi connectivity index (χ1v) is 7.30. The molecule has 0 saturated carbocycles. The highest BCUT2D eigenvalue weighted by Gasteiger charge is 2.09. The van der Waals surface area contributed by atoms with Crippen LogP contribution in [0.4, 0.5) is 0 Å². The molecule has 1 aromatic rings. The van der Waals surface area contributed by atoms with Crippen LogP contribution >= 0.6 is 0 Å². The quantitative estimate of drug-likeness (QED) is 0.744. The SMILES string of the molecule is CCCCCNS(=O)(=O)Cc1ccccc1. The maximum Gasteiger partial charge on any atom is 0.215 e. The summed E-state index contributed by atoms with van der Waals surface area (Å²) in [5, 5.41) is 0. The zero-order chi connectivity index (χ0) is 11.9. The molecule has 0 unspecified atom stereocenters. The number of benzene rings is 1. The molecule has 90 valence electrons. The van der Waals surface area contributed by atoms with Gasteiger partial charge in [0.05, 0.1) is 5.75 Å². The molecule has 0 atom stereocenters. The standard InChI is InChI=1S/C12H19NO2S/c1-2-3-7-10-13-16(14,15)11-12-8-5-4-6-9-12/h4-6,8-9,13H,2-3,7,10-11H2,1H3. The van der Waals surface area contributed by atoms with Gasteiger partial charge in [0.2, 0.25) is 10.0 Å². The molecule has 1 aromatic carbocycles. The molecule has 0 aliphatic carbocycles.